The number of hydrogen-bond acceptors (Lipinski definition) is 2. The first-order valence-electron chi connectivity index (χ1n) is 4.24. The third-order valence-corrected chi connectivity index (χ3v) is 4.85. The minimum Gasteiger partial charge on any atom is -0.379 e. The van der Waals surface area contributed by atoms with E-state index in [4.69, 9.17) is 12.6 Å². The maximum atomic E-state index is 5.83. The van der Waals surface area contributed by atoms with Gasteiger partial charge in [0.05, 0.1) is 5.60 Å². The second-order valence-electron chi connectivity index (χ2n) is 3.57. The van der Waals surface area contributed by atoms with E-state index in [0.29, 0.717) is 11.2 Å². The fraction of sp³-hybridized carbons (Fsp3) is 1.00. The van der Waals surface area contributed by atoms with Crippen LogP contribution in [0.4, 0.5) is 0 Å². The van der Waals surface area contributed by atoms with Crippen molar-refractivity contribution in [2.45, 2.75) is 37.1 Å². The quantitative estimate of drug-likeness (QED) is 0.547. The molecule has 0 aromatic rings. The molecule has 0 saturated carbocycles. The topological polar surface area (TPSA) is 9.23 Å². The summed E-state index contributed by atoms with van der Waals surface area (Å²) in [5.74, 6) is 1.79. The van der Waals surface area contributed by atoms with Gasteiger partial charge >= 0.3 is 0 Å². The number of ether oxygens (including phenoxy) is 1. The largest absolute Gasteiger partial charge is 0.379 e. The van der Waals surface area contributed by atoms with Crippen LogP contribution in [0.15, 0.2) is 0 Å². The van der Waals surface area contributed by atoms with Crippen molar-refractivity contribution in [1.82, 2.24) is 0 Å². The predicted octanol–water partition coefficient (Wildman–Crippen LogP) is 1.41. The minimum absolute atomic E-state index is 0.0105. The van der Waals surface area contributed by atoms with Gasteiger partial charge in [0, 0.05) is 17.0 Å². The molecule has 3 heteroatoms. The van der Waals surface area contributed by atoms with E-state index in [1.165, 1.54) is 0 Å². The van der Waals surface area contributed by atoms with E-state index in [1.54, 1.807) is 0 Å². The zero-order chi connectivity index (χ0) is 8.06. The van der Waals surface area contributed by atoms with Crippen LogP contribution < -0.4 is 0 Å². The molecule has 2 aliphatic heterocycles. The molecule has 0 aromatic heterocycles. The average molecular weight is 168 g/mol. The van der Waals surface area contributed by atoms with Crippen LogP contribution in [0, 0.1) is 5.92 Å². The molecule has 11 heavy (non-hydrogen) atoms. The molecule has 2 heterocycles. The summed E-state index contributed by atoms with van der Waals surface area (Å²) >= 11 is 1.98. The van der Waals surface area contributed by atoms with Crippen LogP contribution in [-0.2, 0) is 4.74 Å². The minimum atomic E-state index is -0.0105. The Labute approximate surface area is 73.7 Å². The van der Waals surface area contributed by atoms with Gasteiger partial charge in [0.25, 0.3) is 0 Å². The molecular weight excluding hydrogens is 155 g/mol. The first kappa shape index (κ1) is 8.00. The van der Waals surface area contributed by atoms with Gasteiger partial charge in [-0.1, -0.05) is 13.8 Å². The van der Waals surface area contributed by atoms with E-state index < -0.39 is 0 Å². The summed E-state index contributed by atoms with van der Waals surface area (Å²) < 4.78 is 5.77. The van der Waals surface area contributed by atoms with Crippen molar-refractivity contribution >= 4 is 19.6 Å². The lowest BCUT2D eigenvalue weighted by atomic mass is 9.85. The molecule has 0 amide bonds. The third kappa shape index (κ3) is 0.904. The van der Waals surface area contributed by atoms with Gasteiger partial charge < -0.3 is 4.74 Å². The lowest BCUT2D eigenvalue weighted by Crippen LogP contribution is -2.35. The molecule has 60 valence electrons. The van der Waals surface area contributed by atoms with E-state index >= 15 is 0 Å². The Balaban J connectivity index is 2.24. The third-order valence-electron chi connectivity index (χ3n) is 3.14. The molecule has 2 aliphatic rings. The molecule has 0 aliphatic carbocycles. The van der Waals surface area contributed by atoms with E-state index in [1.807, 2.05) is 11.8 Å². The van der Waals surface area contributed by atoms with Crippen molar-refractivity contribution in [3.05, 3.63) is 0 Å². The van der Waals surface area contributed by atoms with Crippen LogP contribution in [0.2, 0.25) is 0 Å². The Kier molecular flexibility index (Phi) is 1.77. The summed E-state index contributed by atoms with van der Waals surface area (Å²) in [6, 6.07) is -0.0105. The van der Waals surface area contributed by atoms with Gasteiger partial charge in [-0.3, -0.25) is 0 Å². The van der Waals surface area contributed by atoms with Gasteiger partial charge in [-0.25, -0.2) is 0 Å². The highest BCUT2D eigenvalue weighted by atomic mass is 32.2. The maximum Gasteiger partial charge on any atom is 0.110 e. The van der Waals surface area contributed by atoms with E-state index in [9.17, 15) is 0 Å². The number of hydrogen-bond donors (Lipinski definition) is 0. The molecule has 2 saturated heterocycles. The smallest absolute Gasteiger partial charge is 0.110 e. The standard InChI is InChI=1S/C8H13BOS/c1-3-8-4-11-6(5(8)2)7(9)10-8/h5-7H,3-4H2,1-2H3/t5?,6?,7-,8+/m1/s1. The summed E-state index contributed by atoms with van der Waals surface area (Å²) in [7, 11) is 5.83. The highest BCUT2D eigenvalue weighted by Gasteiger charge is 2.55. The van der Waals surface area contributed by atoms with Crippen molar-refractivity contribution in [1.29, 1.82) is 0 Å². The Morgan fingerprint density at radius 3 is 2.73 bits per heavy atom. The van der Waals surface area contributed by atoms with E-state index in [2.05, 4.69) is 13.8 Å². The molecule has 4 atom stereocenters. The Morgan fingerprint density at radius 1 is 1.73 bits per heavy atom. The van der Waals surface area contributed by atoms with Crippen LogP contribution in [-0.4, -0.2) is 30.5 Å². The van der Waals surface area contributed by atoms with Crippen molar-refractivity contribution in [3.8, 4) is 0 Å². The Morgan fingerprint density at radius 2 is 2.45 bits per heavy atom. The van der Waals surface area contributed by atoms with Crippen molar-refractivity contribution in [2.75, 3.05) is 5.75 Å². The highest BCUT2D eigenvalue weighted by Crippen LogP contribution is 2.52. The first-order valence-corrected chi connectivity index (χ1v) is 5.29. The van der Waals surface area contributed by atoms with Crippen LogP contribution in [0.1, 0.15) is 20.3 Å². The lowest BCUT2D eigenvalue weighted by molar-refractivity contribution is -0.0154. The SMILES string of the molecule is [B][C@@H]1O[C@@]2(CC)CSC1C2C. The van der Waals surface area contributed by atoms with E-state index in [0.717, 1.165) is 12.2 Å². The molecule has 2 radical (unpaired) electrons. The molecule has 2 unspecified atom stereocenters. The molecular formula is C8H13BOS. The van der Waals surface area contributed by atoms with Crippen molar-refractivity contribution < 1.29 is 4.74 Å². The van der Waals surface area contributed by atoms with Gasteiger partial charge in [0.15, 0.2) is 0 Å². The number of rotatable bonds is 1. The maximum absolute atomic E-state index is 5.83. The molecule has 2 fully saturated rings. The summed E-state index contributed by atoms with van der Waals surface area (Å²) in [5, 5.41) is 0.551. The monoisotopic (exact) mass is 168 g/mol. The highest BCUT2D eigenvalue weighted by molar-refractivity contribution is 8.00. The van der Waals surface area contributed by atoms with Gasteiger partial charge in [0.1, 0.15) is 7.85 Å². The van der Waals surface area contributed by atoms with Crippen LogP contribution >= 0.6 is 11.8 Å². The molecule has 2 bridgehead atoms. The van der Waals surface area contributed by atoms with Crippen LogP contribution in [0.25, 0.3) is 0 Å². The number of fused-ring (bicyclic) bond motifs is 2. The second kappa shape index (κ2) is 2.43. The Bertz CT molecular complexity index is 175. The fourth-order valence-corrected chi connectivity index (χ4v) is 3.97. The molecule has 0 spiro atoms. The van der Waals surface area contributed by atoms with Crippen LogP contribution in [0.5, 0.6) is 0 Å². The second-order valence-corrected chi connectivity index (χ2v) is 4.73. The van der Waals surface area contributed by atoms with Gasteiger partial charge in [-0.05, 0) is 12.3 Å². The molecule has 0 aromatic carbocycles. The van der Waals surface area contributed by atoms with E-state index in [-0.39, 0.29) is 11.6 Å². The van der Waals surface area contributed by atoms with Crippen LogP contribution in [0.3, 0.4) is 0 Å². The first-order chi connectivity index (χ1) is 5.19. The zero-order valence-electron chi connectivity index (χ0n) is 7.04. The molecule has 0 N–H and O–H groups in total. The summed E-state index contributed by atoms with van der Waals surface area (Å²) in [5.41, 5.74) is 0.120. The summed E-state index contributed by atoms with van der Waals surface area (Å²) in [6.07, 6.45) is 1.10. The average Bonchev–Trinajstić information content (AvgIpc) is 2.42. The summed E-state index contributed by atoms with van der Waals surface area (Å²) in [4.78, 5) is 0. The fourth-order valence-electron chi connectivity index (χ4n) is 2.18. The van der Waals surface area contributed by atoms with Crippen molar-refractivity contribution in [3.63, 3.8) is 0 Å². The van der Waals surface area contributed by atoms with Gasteiger partial charge in [-0.2, -0.15) is 11.8 Å². The van der Waals surface area contributed by atoms with Gasteiger partial charge in [-0.15, -0.1) is 0 Å². The van der Waals surface area contributed by atoms with Gasteiger partial charge in [0.2, 0.25) is 0 Å². The van der Waals surface area contributed by atoms with Crippen molar-refractivity contribution in [2.24, 2.45) is 5.92 Å². The summed E-state index contributed by atoms with van der Waals surface area (Å²) in [6.45, 7) is 4.46. The normalized spacial score (nSPS) is 55.3. The number of thioether (sulfide) groups is 1. The molecule has 2 rings (SSSR count). The zero-order valence-corrected chi connectivity index (χ0v) is 7.86. The predicted molar refractivity (Wildman–Crippen MR) is 49.1 cm³/mol. The molecule has 1 nitrogen and oxygen atoms in total. The Hall–Kier alpha value is 0.375. The lowest BCUT2D eigenvalue weighted by Gasteiger charge is -2.29.